The van der Waals surface area contributed by atoms with Gasteiger partial charge in [-0.2, -0.15) is 0 Å². The molecule has 25 heavy (non-hydrogen) atoms. The predicted molar refractivity (Wildman–Crippen MR) is 96.6 cm³/mol. The van der Waals surface area contributed by atoms with Crippen molar-refractivity contribution in [3.63, 3.8) is 0 Å². The second-order valence-corrected chi connectivity index (χ2v) is 7.14. The van der Waals surface area contributed by atoms with Gasteiger partial charge in [0.2, 0.25) is 5.91 Å². The van der Waals surface area contributed by atoms with Gasteiger partial charge in [0.25, 0.3) is 0 Å². The Morgan fingerprint density at radius 2 is 1.52 bits per heavy atom. The summed E-state index contributed by atoms with van der Waals surface area (Å²) in [6.07, 6.45) is 0.894. The zero-order chi connectivity index (χ0) is 17.2. The maximum Gasteiger partial charge on any atom is 0.240 e. The van der Waals surface area contributed by atoms with E-state index in [1.54, 1.807) is 0 Å². The van der Waals surface area contributed by atoms with Crippen LogP contribution < -0.4 is 0 Å². The molecule has 2 aromatic rings. The average molecular weight is 336 g/mol. The Bertz CT molecular complexity index is 719. The molecule has 4 rings (SSSR count). The predicted octanol–water partition coefficient (Wildman–Crippen LogP) is 2.28. The molecule has 2 heterocycles. The van der Waals surface area contributed by atoms with Crippen molar-refractivity contribution in [2.24, 2.45) is 5.92 Å². The second-order valence-electron chi connectivity index (χ2n) is 7.14. The highest BCUT2D eigenvalue weighted by atomic mass is 16.3. The fourth-order valence-electron chi connectivity index (χ4n) is 4.34. The average Bonchev–Trinajstić information content (AvgIpc) is 3.14. The van der Waals surface area contributed by atoms with E-state index >= 15 is 0 Å². The van der Waals surface area contributed by atoms with Gasteiger partial charge in [-0.1, -0.05) is 60.7 Å². The van der Waals surface area contributed by atoms with Gasteiger partial charge in [0.1, 0.15) is 0 Å². The quantitative estimate of drug-likeness (QED) is 0.911. The van der Waals surface area contributed by atoms with Crippen molar-refractivity contribution in [2.45, 2.75) is 31.6 Å². The molecule has 1 N–H and O–H groups in total. The number of rotatable bonds is 5. The monoisotopic (exact) mass is 336 g/mol. The van der Waals surface area contributed by atoms with E-state index in [9.17, 15) is 9.90 Å². The van der Waals surface area contributed by atoms with E-state index in [4.69, 9.17) is 0 Å². The van der Waals surface area contributed by atoms with Crippen molar-refractivity contribution < 1.29 is 9.90 Å². The van der Waals surface area contributed by atoms with E-state index < -0.39 is 0 Å². The molecule has 4 heteroatoms. The van der Waals surface area contributed by atoms with Crippen molar-refractivity contribution in [3.05, 3.63) is 71.8 Å². The van der Waals surface area contributed by atoms with E-state index in [1.807, 2.05) is 41.3 Å². The number of amides is 1. The van der Waals surface area contributed by atoms with Gasteiger partial charge in [0.15, 0.2) is 0 Å². The Kier molecular flexibility index (Phi) is 4.55. The third kappa shape index (κ3) is 3.20. The lowest BCUT2D eigenvalue weighted by Gasteiger charge is -2.29. The van der Waals surface area contributed by atoms with E-state index in [-0.39, 0.29) is 24.6 Å². The van der Waals surface area contributed by atoms with E-state index in [1.165, 1.54) is 11.1 Å². The molecule has 130 valence electrons. The molecular formula is C21H24N2O2. The Morgan fingerprint density at radius 3 is 2.12 bits per heavy atom. The van der Waals surface area contributed by atoms with Crippen molar-refractivity contribution >= 4 is 5.91 Å². The number of nitrogens with zero attached hydrogens (tertiary/aromatic N) is 2. The number of hydrogen-bond acceptors (Lipinski definition) is 3. The number of aliphatic hydroxyl groups excluding tert-OH is 1. The summed E-state index contributed by atoms with van der Waals surface area (Å²) in [4.78, 5) is 17.3. The first-order chi connectivity index (χ1) is 12.3. The number of hydrogen-bond donors (Lipinski definition) is 1. The summed E-state index contributed by atoms with van der Waals surface area (Å²) < 4.78 is 0. The summed E-state index contributed by atoms with van der Waals surface area (Å²) in [5.41, 5.74) is 2.36. The van der Waals surface area contributed by atoms with E-state index in [2.05, 4.69) is 29.2 Å². The topological polar surface area (TPSA) is 43.8 Å². The summed E-state index contributed by atoms with van der Waals surface area (Å²) in [6.45, 7) is 2.31. The third-order valence-corrected chi connectivity index (χ3v) is 5.50. The highest BCUT2D eigenvalue weighted by Gasteiger charge is 2.51. The lowest BCUT2D eigenvalue weighted by atomic mass is 10.0. The van der Waals surface area contributed by atoms with Gasteiger partial charge in [-0.05, 0) is 17.5 Å². The molecule has 2 aromatic carbocycles. The van der Waals surface area contributed by atoms with Crippen LogP contribution in [0.25, 0.3) is 0 Å². The number of aliphatic hydroxyl groups is 1. The maximum atomic E-state index is 13.1. The van der Waals surface area contributed by atoms with Crippen molar-refractivity contribution in [2.75, 3.05) is 13.2 Å². The Morgan fingerprint density at radius 1 is 0.920 bits per heavy atom. The number of fused-ring (bicyclic) bond motifs is 1. The van der Waals surface area contributed by atoms with Crippen molar-refractivity contribution in [1.82, 2.24) is 9.80 Å². The summed E-state index contributed by atoms with van der Waals surface area (Å²) in [5, 5.41) is 9.79. The number of carbonyl (C=O) groups excluding carboxylic acids is 1. The molecule has 2 aliphatic rings. The highest BCUT2D eigenvalue weighted by Crippen LogP contribution is 2.38. The molecule has 3 atom stereocenters. The maximum absolute atomic E-state index is 13.1. The Labute approximate surface area is 148 Å². The molecule has 0 aliphatic carbocycles. The summed E-state index contributed by atoms with van der Waals surface area (Å²) in [6, 6.07) is 20.4. The minimum atomic E-state index is -0.0962. The molecule has 0 aromatic heterocycles. The van der Waals surface area contributed by atoms with Crippen LogP contribution in [0.3, 0.4) is 0 Å². The second kappa shape index (κ2) is 6.98. The molecule has 0 radical (unpaired) electrons. The number of carbonyl (C=O) groups is 1. The van der Waals surface area contributed by atoms with Gasteiger partial charge in [-0.15, -0.1) is 0 Å². The highest BCUT2D eigenvalue weighted by molar-refractivity contribution is 5.85. The van der Waals surface area contributed by atoms with Gasteiger partial charge < -0.3 is 10.0 Å². The molecule has 0 saturated carbocycles. The summed E-state index contributed by atoms with van der Waals surface area (Å²) in [5.74, 6) is 0.526. The fourth-order valence-corrected chi connectivity index (χ4v) is 4.34. The summed E-state index contributed by atoms with van der Waals surface area (Å²) >= 11 is 0. The largest absolute Gasteiger partial charge is 0.395 e. The SMILES string of the molecule is O=C1C2C(CC(CO)N2Cc2ccccc2)CN1Cc1ccccc1. The molecular weight excluding hydrogens is 312 g/mol. The Hall–Kier alpha value is -2.17. The van der Waals surface area contributed by atoms with Gasteiger partial charge >= 0.3 is 0 Å². The molecule has 0 bridgehead atoms. The lowest BCUT2D eigenvalue weighted by molar-refractivity contribution is -0.133. The third-order valence-electron chi connectivity index (χ3n) is 5.50. The standard InChI is InChI=1S/C21H24N2O2/c24-15-19-11-18-14-22(12-16-7-3-1-4-8-16)21(25)20(18)23(19)13-17-9-5-2-6-10-17/h1-10,18-20,24H,11-15H2. The van der Waals surface area contributed by atoms with Crippen LogP contribution in [0.5, 0.6) is 0 Å². The first-order valence-corrected chi connectivity index (χ1v) is 8.99. The van der Waals surface area contributed by atoms with Crippen LogP contribution in [0.15, 0.2) is 60.7 Å². The van der Waals surface area contributed by atoms with Crippen LogP contribution in [-0.2, 0) is 17.9 Å². The molecule has 2 fully saturated rings. The first kappa shape index (κ1) is 16.3. The fraction of sp³-hybridized carbons (Fsp3) is 0.381. The zero-order valence-electron chi connectivity index (χ0n) is 14.3. The summed E-state index contributed by atoms with van der Waals surface area (Å²) in [7, 11) is 0. The number of likely N-dealkylation sites (tertiary alicyclic amines) is 2. The molecule has 1 amide bonds. The number of benzene rings is 2. The molecule has 4 nitrogen and oxygen atoms in total. The lowest BCUT2D eigenvalue weighted by Crippen LogP contribution is -2.44. The minimum Gasteiger partial charge on any atom is -0.395 e. The van der Waals surface area contributed by atoms with Crippen LogP contribution in [-0.4, -0.2) is 46.0 Å². The van der Waals surface area contributed by atoms with E-state index in [0.29, 0.717) is 12.5 Å². The first-order valence-electron chi connectivity index (χ1n) is 8.99. The van der Waals surface area contributed by atoms with E-state index in [0.717, 1.165) is 19.5 Å². The smallest absolute Gasteiger partial charge is 0.240 e. The van der Waals surface area contributed by atoms with Crippen molar-refractivity contribution in [3.8, 4) is 0 Å². The van der Waals surface area contributed by atoms with Crippen LogP contribution in [0.2, 0.25) is 0 Å². The molecule has 2 aliphatic heterocycles. The van der Waals surface area contributed by atoms with Crippen LogP contribution >= 0.6 is 0 Å². The molecule has 0 spiro atoms. The van der Waals surface area contributed by atoms with Gasteiger partial charge in [0, 0.05) is 31.6 Å². The van der Waals surface area contributed by atoms with Crippen LogP contribution in [0, 0.1) is 5.92 Å². The van der Waals surface area contributed by atoms with Crippen LogP contribution in [0.1, 0.15) is 17.5 Å². The van der Waals surface area contributed by atoms with Gasteiger partial charge in [-0.25, -0.2) is 0 Å². The minimum absolute atomic E-state index is 0.0815. The molecule has 3 unspecified atom stereocenters. The Balaban J connectivity index is 1.51. The van der Waals surface area contributed by atoms with Crippen molar-refractivity contribution in [1.29, 1.82) is 0 Å². The van der Waals surface area contributed by atoms with Gasteiger partial charge in [0.05, 0.1) is 12.6 Å². The molecule has 2 saturated heterocycles. The van der Waals surface area contributed by atoms with Crippen LogP contribution in [0.4, 0.5) is 0 Å². The zero-order valence-corrected chi connectivity index (χ0v) is 14.3. The van der Waals surface area contributed by atoms with Gasteiger partial charge in [-0.3, -0.25) is 9.69 Å². The normalized spacial score (nSPS) is 26.2.